The third kappa shape index (κ3) is 3.34. The molecule has 1 heterocycles. The van der Waals surface area contributed by atoms with E-state index in [2.05, 4.69) is 18.3 Å². The Hall–Kier alpha value is -1.81. The summed E-state index contributed by atoms with van der Waals surface area (Å²) in [5.74, 6) is -0.731. The Kier molecular flexibility index (Phi) is 6.86. The number of carboxylic acid groups (broad SMARTS) is 1. The lowest BCUT2D eigenvalue weighted by Gasteiger charge is -2.58. The Labute approximate surface area is 224 Å². The average molecular weight is 534 g/mol. The Morgan fingerprint density at radius 1 is 1.26 bits per heavy atom. The Bertz CT molecular complexity index is 1030. The summed E-state index contributed by atoms with van der Waals surface area (Å²) in [6.07, 6.45) is 2.78. The molecule has 3 saturated carbocycles. The van der Waals surface area contributed by atoms with Gasteiger partial charge in [-0.15, -0.1) is 0 Å². The number of fused-ring (bicyclic) bond motifs is 2. The number of aliphatic carboxylic acids is 1. The van der Waals surface area contributed by atoms with Gasteiger partial charge in [0.05, 0.1) is 24.2 Å². The number of aldehydes is 1. The van der Waals surface area contributed by atoms with Gasteiger partial charge in [-0.1, -0.05) is 38.8 Å². The van der Waals surface area contributed by atoms with Gasteiger partial charge in [0.2, 0.25) is 5.91 Å². The minimum absolute atomic E-state index is 0.0337. The summed E-state index contributed by atoms with van der Waals surface area (Å²) < 4.78 is 18.0. The zero-order chi connectivity index (χ0) is 27.8. The molecule has 4 aliphatic carbocycles. The van der Waals surface area contributed by atoms with Crippen LogP contribution in [-0.2, 0) is 28.6 Å². The van der Waals surface area contributed by atoms with Crippen molar-refractivity contribution in [2.24, 2.45) is 45.8 Å². The number of aliphatic hydroxyl groups excluding tert-OH is 1. The monoisotopic (exact) mass is 533 g/mol. The molecule has 12 atom stereocenters. The number of allylic oxidation sites excluding steroid dienone is 1. The Balaban J connectivity index is 1.54. The van der Waals surface area contributed by atoms with Crippen LogP contribution in [-0.4, -0.2) is 72.7 Å². The predicted octanol–water partition coefficient (Wildman–Crippen LogP) is 2.55. The van der Waals surface area contributed by atoms with E-state index in [9.17, 15) is 24.6 Å². The number of amides is 1. The summed E-state index contributed by atoms with van der Waals surface area (Å²) in [6.45, 7) is 9.44. The quantitative estimate of drug-likeness (QED) is 0.321. The molecule has 4 fully saturated rings. The molecule has 0 spiro atoms. The van der Waals surface area contributed by atoms with Crippen LogP contribution in [0.4, 0.5) is 0 Å². The van der Waals surface area contributed by atoms with Crippen molar-refractivity contribution >= 4 is 18.2 Å². The molecule has 0 radical (unpaired) electrons. The maximum absolute atomic E-state index is 13.6. The number of carbonyl (C=O) groups excluding carboxylic acids is 2. The first-order valence-electron chi connectivity index (χ1n) is 14.1. The number of carbonyl (C=O) groups is 3. The topological polar surface area (TPSA) is 131 Å². The van der Waals surface area contributed by atoms with Crippen molar-refractivity contribution in [2.75, 3.05) is 13.7 Å². The first-order chi connectivity index (χ1) is 17.9. The molecule has 3 N–H and O–H groups in total. The van der Waals surface area contributed by atoms with Crippen molar-refractivity contribution in [3.05, 3.63) is 11.6 Å². The third-order valence-electron chi connectivity index (χ3n) is 11.1. The van der Waals surface area contributed by atoms with Crippen LogP contribution >= 0.6 is 0 Å². The van der Waals surface area contributed by atoms with Crippen LogP contribution in [0.3, 0.4) is 0 Å². The number of rotatable bonds is 8. The summed E-state index contributed by atoms with van der Waals surface area (Å²) in [6, 6.07) is -0.749. The molecular formula is C29H43NO8. The lowest BCUT2D eigenvalue weighted by Crippen LogP contribution is -2.66. The first-order valence-corrected chi connectivity index (χ1v) is 14.1. The average Bonchev–Trinajstić information content (AvgIpc) is 3.42. The van der Waals surface area contributed by atoms with E-state index in [-0.39, 0.29) is 36.2 Å². The highest BCUT2D eigenvalue weighted by atomic mass is 16.7. The number of aliphatic hydroxyl groups is 1. The number of carboxylic acids is 1. The van der Waals surface area contributed by atoms with Gasteiger partial charge in [-0.3, -0.25) is 9.59 Å². The molecule has 5 rings (SSSR count). The largest absolute Gasteiger partial charge is 0.481 e. The van der Waals surface area contributed by atoms with Gasteiger partial charge in [0.25, 0.3) is 0 Å². The van der Waals surface area contributed by atoms with E-state index in [4.69, 9.17) is 14.2 Å². The number of ether oxygens (including phenoxy) is 3. The minimum atomic E-state index is -1.36. The van der Waals surface area contributed by atoms with Gasteiger partial charge in [0.15, 0.2) is 6.29 Å². The van der Waals surface area contributed by atoms with Gasteiger partial charge in [0.1, 0.15) is 23.9 Å². The van der Waals surface area contributed by atoms with Crippen molar-refractivity contribution < 1.29 is 38.8 Å². The summed E-state index contributed by atoms with van der Waals surface area (Å²) in [7, 11) is 1.50. The summed E-state index contributed by atoms with van der Waals surface area (Å²) in [4.78, 5) is 38.6. The summed E-state index contributed by atoms with van der Waals surface area (Å²) in [5.41, 5.74) is -2.33. The van der Waals surface area contributed by atoms with Gasteiger partial charge in [0, 0.05) is 19.4 Å². The molecule has 1 saturated heterocycles. The van der Waals surface area contributed by atoms with E-state index in [0.717, 1.165) is 24.7 Å². The van der Waals surface area contributed by atoms with E-state index in [1.54, 1.807) is 6.92 Å². The zero-order valence-corrected chi connectivity index (χ0v) is 23.3. The highest BCUT2D eigenvalue weighted by Gasteiger charge is 2.84. The van der Waals surface area contributed by atoms with Gasteiger partial charge in [-0.25, -0.2) is 0 Å². The molecule has 0 aromatic rings. The van der Waals surface area contributed by atoms with Crippen molar-refractivity contribution in [2.45, 2.75) is 90.9 Å². The molecule has 9 heteroatoms. The lowest BCUT2D eigenvalue weighted by atomic mass is 9.43. The highest BCUT2D eigenvalue weighted by molar-refractivity contribution is 5.90. The fourth-order valence-corrected chi connectivity index (χ4v) is 9.77. The van der Waals surface area contributed by atoms with Crippen LogP contribution in [0.2, 0.25) is 0 Å². The van der Waals surface area contributed by atoms with E-state index in [1.807, 2.05) is 13.8 Å². The minimum Gasteiger partial charge on any atom is -0.481 e. The fraction of sp³-hybridized carbons (Fsp3) is 0.828. The summed E-state index contributed by atoms with van der Waals surface area (Å²) in [5, 5.41) is 25.1. The van der Waals surface area contributed by atoms with E-state index >= 15 is 0 Å². The fourth-order valence-electron chi connectivity index (χ4n) is 9.77. The maximum Gasteiger partial charge on any atom is 0.315 e. The van der Waals surface area contributed by atoms with Crippen molar-refractivity contribution in [3.8, 4) is 0 Å². The second kappa shape index (κ2) is 9.39. The lowest BCUT2D eigenvalue weighted by molar-refractivity contribution is -0.287. The van der Waals surface area contributed by atoms with Crippen molar-refractivity contribution in [3.63, 3.8) is 0 Å². The van der Waals surface area contributed by atoms with Crippen LogP contribution in [0, 0.1) is 45.8 Å². The molecule has 38 heavy (non-hydrogen) atoms. The molecule has 0 aromatic carbocycles. The molecule has 1 aliphatic heterocycles. The Morgan fingerprint density at radius 3 is 2.55 bits per heavy atom. The van der Waals surface area contributed by atoms with Gasteiger partial charge >= 0.3 is 5.97 Å². The van der Waals surface area contributed by atoms with Crippen LogP contribution in [0.1, 0.15) is 60.3 Å². The number of nitrogens with one attached hydrogen (secondary N) is 1. The first kappa shape index (κ1) is 27.7. The van der Waals surface area contributed by atoms with E-state index in [0.29, 0.717) is 18.8 Å². The Morgan fingerprint density at radius 2 is 1.97 bits per heavy atom. The maximum atomic E-state index is 13.6. The molecular weight excluding hydrogens is 490 g/mol. The van der Waals surface area contributed by atoms with Gasteiger partial charge in [-0.05, 0) is 55.8 Å². The molecule has 1 amide bonds. The number of methoxy groups -OCH3 is 1. The third-order valence-corrected chi connectivity index (χ3v) is 11.1. The van der Waals surface area contributed by atoms with E-state index < -0.39 is 52.9 Å². The standard InChI is InChI=1S/C29H43NO8/c1-14(2)21-9-18-10-27(12-31)20-8-7-15(3)19(20)11-28(18,29(21,27)26(34)35)13-37-25-23(33)22(30-17(5)32)24(36-6)16(4)38-25/h9,12,14-16,18-20,22-25,33H,7-8,10-11,13H2,1-6H3,(H,30,32)(H,34,35)/t15?,16-,18?,19?,20?,22-,23-,24-,25-,27?,28?,29?/m1/s1. The van der Waals surface area contributed by atoms with Crippen LogP contribution in [0.5, 0.6) is 0 Å². The van der Waals surface area contributed by atoms with Gasteiger partial charge < -0.3 is 34.5 Å². The second-order valence-corrected chi connectivity index (χ2v) is 12.9. The molecule has 4 bridgehead atoms. The van der Waals surface area contributed by atoms with E-state index in [1.165, 1.54) is 14.0 Å². The molecule has 9 nitrogen and oxygen atoms in total. The summed E-state index contributed by atoms with van der Waals surface area (Å²) >= 11 is 0. The van der Waals surface area contributed by atoms with Crippen molar-refractivity contribution in [1.82, 2.24) is 5.32 Å². The van der Waals surface area contributed by atoms with Gasteiger partial charge in [-0.2, -0.15) is 0 Å². The molecule has 0 aromatic heterocycles. The highest BCUT2D eigenvalue weighted by Crippen LogP contribution is 2.82. The predicted molar refractivity (Wildman–Crippen MR) is 137 cm³/mol. The smallest absolute Gasteiger partial charge is 0.315 e. The van der Waals surface area contributed by atoms with Crippen LogP contribution < -0.4 is 5.32 Å². The normalized spacial score (nSPS) is 49.1. The second-order valence-electron chi connectivity index (χ2n) is 12.9. The van der Waals surface area contributed by atoms with Crippen LogP contribution in [0.25, 0.3) is 0 Å². The SMILES string of the molecule is CO[C@H]1[C@H](NC(C)=O)[C@@H](O)[C@H](OCC23CC4C(C)CCC4C4(C=O)CC2C=C(C(C)C)C43C(=O)O)O[C@@H]1C. The zero-order valence-electron chi connectivity index (χ0n) is 23.3. The van der Waals surface area contributed by atoms with Crippen LogP contribution in [0.15, 0.2) is 11.6 Å². The number of hydrogen-bond donors (Lipinski definition) is 3. The number of hydrogen-bond acceptors (Lipinski definition) is 7. The molecule has 5 aliphatic rings. The molecule has 212 valence electrons. The van der Waals surface area contributed by atoms with Crippen molar-refractivity contribution in [1.29, 1.82) is 0 Å². The molecule has 7 unspecified atom stereocenters.